The second-order valence-corrected chi connectivity index (χ2v) is 6.63. The molecule has 1 aromatic carbocycles. The first-order valence-electron chi connectivity index (χ1n) is 8.98. The van der Waals surface area contributed by atoms with E-state index in [2.05, 4.69) is 25.8 Å². The van der Waals surface area contributed by atoms with E-state index in [1.54, 1.807) is 18.3 Å². The Morgan fingerprint density at radius 3 is 2.69 bits per heavy atom. The van der Waals surface area contributed by atoms with Crippen LogP contribution < -0.4 is 15.4 Å². The fourth-order valence-electron chi connectivity index (χ4n) is 2.99. The maximum atomic E-state index is 11.2. The van der Waals surface area contributed by atoms with Crippen LogP contribution in [-0.4, -0.2) is 25.6 Å². The van der Waals surface area contributed by atoms with Crippen molar-refractivity contribution < 1.29 is 14.1 Å². The van der Waals surface area contributed by atoms with Gasteiger partial charge in [0.1, 0.15) is 28.7 Å². The summed E-state index contributed by atoms with van der Waals surface area (Å²) in [6.45, 7) is 5.15. The van der Waals surface area contributed by atoms with Crippen LogP contribution in [0.1, 0.15) is 18.4 Å². The highest BCUT2D eigenvalue weighted by Crippen LogP contribution is 2.30. The maximum absolute atomic E-state index is 11.2. The molecule has 0 aliphatic heterocycles. The highest BCUT2D eigenvalue weighted by Gasteiger charge is 2.14. The summed E-state index contributed by atoms with van der Waals surface area (Å²) in [5.41, 5.74) is 3.30. The number of rotatable bonds is 5. The molecule has 2 N–H and O–H groups in total. The number of anilines is 3. The lowest BCUT2D eigenvalue weighted by molar-refractivity contribution is -0.114. The molecule has 1 amide bonds. The molecule has 0 radical (unpaired) electrons. The van der Waals surface area contributed by atoms with Crippen LogP contribution in [0.15, 0.2) is 41.1 Å². The second-order valence-electron chi connectivity index (χ2n) is 6.63. The van der Waals surface area contributed by atoms with Crippen LogP contribution in [0.25, 0.3) is 11.0 Å². The van der Waals surface area contributed by atoms with Gasteiger partial charge >= 0.3 is 0 Å². The Hall–Kier alpha value is -3.88. The van der Waals surface area contributed by atoms with Crippen molar-refractivity contribution in [3.05, 3.63) is 48.0 Å². The molecule has 3 heterocycles. The molecule has 0 aliphatic carbocycles. The van der Waals surface area contributed by atoms with Gasteiger partial charge in [0, 0.05) is 32.3 Å². The molecule has 148 valence electrons. The lowest BCUT2D eigenvalue weighted by Gasteiger charge is -2.07. The molecule has 0 saturated carbocycles. The molecule has 3 aromatic heterocycles. The molecule has 0 bridgehead atoms. The minimum atomic E-state index is -0.192. The summed E-state index contributed by atoms with van der Waals surface area (Å²) < 4.78 is 13.1. The number of aromatic nitrogens is 4. The summed E-state index contributed by atoms with van der Waals surface area (Å²) >= 11 is 0. The number of nitrogens with zero attached hydrogens (tertiary/aromatic N) is 4. The molecule has 0 atom stereocenters. The molecule has 0 fully saturated rings. The van der Waals surface area contributed by atoms with Crippen molar-refractivity contribution >= 4 is 34.4 Å². The molecule has 0 spiro atoms. The fourth-order valence-corrected chi connectivity index (χ4v) is 2.99. The predicted octanol–water partition coefficient (Wildman–Crippen LogP) is 4.07. The van der Waals surface area contributed by atoms with Gasteiger partial charge in [-0.1, -0.05) is 5.16 Å². The van der Waals surface area contributed by atoms with E-state index in [0.29, 0.717) is 29.0 Å². The zero-order valence-corrected chi connectivity index (χ0v) is 16.5. The number of carbonyl (C=O) groups excluding carboxylic acids is 1. The van der Waals surface area contributed by atoms with Gasteiger partial charge in [-0.3, -0.25) is 4.79 Å². The number of ether oxygens (including phenoxy) is 1. The average molecular weight is 392 g/mol. The third-order valence-corrected chi connectivity index (χ3v) is 4.39. The smallest absolute Gasteiger partial charge is 0.222 e. The molecule has 0 aliphatic rings. The Balaban J connectivity index is 1.61. The van der Waals surface area contributed by atoms with Crippen molar-refractivity contribution in [3.63, 3.8) is 0 Å². The van der Waals surface area contributed by atoms with Gasteiger partial charge in [0.2, 0.25) is 11.9 Å². The minimum Gasteiger partial charge on any atom is -0.457 e. The first-order valence-corrected chi connectivity index (χ1v) is 8.98. The molecule has 0 unspecified atom stereocenters. The molecule has 9 heteroatoms. The number of aryl methyl sites for hydroxylation is 3. The van der Waals surface area contributed by atoms with Crippen LogP contribution in [0.4, 0.5) is 17.5 Å². The van der Waals surface area contributed by atoms with Crippen molar-refractivity contribution in [1.29, 1.82) is 0 Å². The summed E-state index contributed by atoms with van der Waals surface area (Å²) in [5.74, 6) is 2.80. The molecule has 9 nitrogen and oxygen atoms in total. The van der Waals surface area contributed by atoms with Crippen LogP contribution in [-0.2, 0) is 11.8 Å². The van der Waals surface area contributed by atoms with Gasteiger partial charge in [-0.05, 0) is 32.0 Å². The van der Waals surface area contributed by atoms with E-state index in [0.717, 1.165) is 22.4 Å². The summed E-state index contributed by atoms with van der Waals surface area (Å²) in [4.78, 5) is 19.9. The quantitative estimate of drug-likeness (QED) is 0.527. The van der Waals surface area contributed by atoms with Crippen molar-refractivity contribution in [2.24, 2.45) is 7.05 Å². The number of pyridine rings is 1. The summed E-state index contributed by atoms with van der Waals surface area (Å²) in [5, 5.41) is 9.87. The largest absolute Gasteiger partial charge is 0.457 e. The molecular formula is C20H20N6O3. The standard InChI is InChI=1S/C20H20N6O3/c1-11-19(12(2)29-25-11)24-20-23-16-9-14(5-6-17(16)26(20)4)28-15-7-8-21-18(10-15)22-13(3)27/h5-10H,1-4H3,(H,23,24)(H,21,22,27). The van der Waals surface area contributed by atoms with Gasteiger partial charge in [-0.25, -0.2) is 9.97 Å². The van der Waals surface area contributed by atoms with Gasteiger partial charge in [0.15, 0.2) is 5.76 Å². The predicted molar refractivity (Wildman–Crippen MR) is 109 cm³/mol. The summed E-state index contributed by atoms with van der Waals surface area (Å²) in [6.07, 6.45) is 1.57. The van der Waals surface area contributed by atoms with Crippen LogP contribution in [0.2, 0.25) is 0 Å². The van der Waals surface area contributed by atoms with Crippen molar-refractivity contribution in [1.82, 2.24) is 19.7 Å². The van der Waals surface area contributed by atoms with Crippen LogP contribution in [0.5, 0.6) is 11.5 Å². The Labute approximate surface area is 166 Å². The summed E-state index contributed by atoms with van der Waals surface area (Å²) in [7, 11) is 1.93. The number of amides is 1. The van der Waals surface area contributed by atoms with Crippen LogP contribution >= 0.6 is 0 Å². The average Bonchev–Trinajstić information content (AvgIpc) is 3.15. The van der Waals surface area contributed by atoms with Crippen molar-refractivity contribution in [2.45, 2.75) is 20.8 Å². The van der Waals surface area contributed by atoms with Gasteiger partial charge in [-0.2, -0.15) is 0 Å². The van der Waals surface area contributed by atoms with Crippen LogP contribution in [0.3, 0.4) is 0 Å². The van der Waals surface area contributed by atoms with Crippen LogP contribution in [0, 0.1) is 13.8 Å². The third kappa shape index (κ3) is 3.75. The Morgan fingerprint density at radius 2 is 1.97 bits per heavy atom. The molecular weight excluding hydrogens is 372 g/mol. The van der Waals surface area contributed by atoms with Crippen molar-refractivity contribution in [3.8, 4) is 11.5 Å². The van der Waals surface area contributed by atoms with E-state index in [1.807, 2.05) is 43.7 Å². The SMILES string of the molecule is CC(=O)Nc1cc(Oc2ccc3c(c2)nc(Nc2c(C)noc2C)n3C)ccn1. The van der Waals surface area contributed by atoms with Gasteiger partial charge in [-0.15, -0.1) is 0 Å². The number of nitrogens with one attached hydrogen (secondary N) is 2. The highest BCUT2D eigenvalue weighted by molar-refractivity contribution is 5.87. The first-order chi connectivity index (χ1) is 13.9. The number of carbonyl (C=O) groups is 1. The number of hydrogen-bond donors (Lipinski definition) is 2. The Bertz CT molecular complexity index is 1190. The van der Waals surface area contributed by atoms with E-state index in [-0.39, 0.29) is 5.91 Å². The number of benzene rings is 1. The topological polar surface area (TPSA) is 107 Å². The zero-order valence-electron chi connectivity index (χ0n) is 16.5. The van der Waals surface area contributed by atoms with Gasteiger partial charge < -0.3 is 24.5 Å². The maximum Gasteiger partial charge on any atom is 0.222 e. The Kier molecular flexibility index (Phi) is 4.63. The molecule has 0 saturated heterocycles. The normalized spacial score (nSPS) is 10.9. The monoisotopic (exact) mass is 392 g/mol. The first kappa shape index (κ1) is 18.5. The minimum absolute atomic E-state index is 0.192. The molecule has 4 aromatic rings. The number of fused-ring (bicyclic) bond motifs is 1. The lowest BCUT2D eigenvalue weighted by Crippen LogP contribution is -2.07. The van der Waals surface area contributed by atoms with Gasteiger partial charge in [0.25, 0.3) is 0 Å². The zero-order chi connectivity index (χ0) is 20.5. The van der Waals surface area contributed by atoms with Crippen molar-refractivity contribution in [2.75, 3.05) is 10.6 Å². The van der Waals surface area contributed by atoms with E-state index < -0.39 is 0 Å². The summed E-state index contributed by atoms with van der Waals surface area (Å²) in [6, 6.07) is 9.04. The van der Waals surface area contributed by atoms with E-state index in [1.165, 1.54) is 6.92 Å². The van der Waals surface area contributed by atoms with E-state index in [9.17, 15) is 4.79 Å². The highest BCUT2D eigenvalue weighted by atomic mass is 16.5. The molecule has 29 heavy (non-hydrogen) atoms. The lowest BCUT2D eigenvalue weighted by atomic mass is 10.3. The van der Waals surface area contributed by atoms with Gasteiger partial charge in [0.05, 0.1) is 11.0 Å². The second kappa shape index (κ2) is 7.27. The fraction of sp³-hybridized carbons (Fsp3) is 0.200. The number of imidazole rings is 1. The van der Waals surface area contributed by atoms with E-state index in [4.69, 9.17) is 9.26 Å². The number of hydrogen-bond acceptors (Lipinski definition) is 7. The third-order valence-electron chi connectivity index (χ3n) is 4.39. The Morgan fingerprint density at radius 1 is 1.17 bits per heavy atom. The van der Waals surface area contributed by atoms with E-state index >= 15 is 0 Å². The molecule has 4 rings (SSSR count).